The molecule has 0 saturated carbocycles. The Hall–Kier alpha value is -2.31. The van der Waals surface area contributed by atoms with Gasteiger partial charge in [0.2, 0.25) is 0 Å². The van der Waals surface area contributed by atoms with Crippen molar-refractivity contribution < 1.29 is 13.9 Å². The highest BCUT2D eigenvalue weighted by Crippen LogP contribution is 2.41. The number of aromatic nitrogens is 2. The SMILES string of the molecule is C[C@@H]1CNC[C@H](C)[C@@]1(O)c1ccc(-c2ccnc3[nH]cc(F)c23)cc1F. The molecular weight excluding hydrogens is 336 g/mol. The predicted octanol–water partition coefficient (Wildman–Crippen LogP) is 3.57. The van der Waals surface area contributed by atoms with E-state index < -0.39 is 17.2 Å². The number of hydrogen-bond acceptors (Lipinski definition) is 3. The molecule has 3 atom stereocenters. The lowest BCUT2D eigenvalue weighted by atomic mass is 9.71. The van der Waals surface area contributed by atoms with E-state index >= 15 is 4.39 Å². The van der Waals surface area contributed by atoms with Crippen LogP contribution in [0, 0.1) is 23.5 Å². The van der Waals surface area contributed by atoms with Gasteiger partial charge in [0.05, 0.1) is 11.0 Å². The molecule has 4 nitrogen and oxygen atoms in total. The van der Waals surface area contributed by atoms with E-state index in [1.165, 1.54) is 12.3 Å². The number of H-pyrrole nitrogens is 1. The van der Waals surface area contributed by atoms with E-state index in [4.69, 9.17) is 0 Å². The minimum absolute atomic E-state index is 0.124. The Morgan fingerprint density at radius 2 is 1.85 bits per heavy atom. The predicted molar refractivity (Wildman–Crippen MR) is 96.5 cm³/mol. The Kier molecular flexibility index (Phi) is 4.04. The smallest absolute Gasteiger partial charge is 0.150 e. The van der Waals surface area contributed by atoms with Crippen molar-refractivity contribution in [2.45, 2.75) is 19.4 Å². The van der Waals surface area contributed by atoms with Crippen LogP contribution in [0.15, 0.2) is 36.7 Å². The molecule has 1 aliphatic rings. The van der Waals surface area contributed by atoms with Gasteiger partial charge in [0.1, 0.15) is 11.5 Å². The van der Waals surface area contributed by atoms with Gasteiger partial charge >= 0.3 is 0 Å². The summed E-state index contributed by atoms with van der Waals surface area (Å²) in [6.45, 7) is 5.08. The van der Waals surface area contributed by atoms with Gasteiger partial charge in [0.25, 0.3) is 0 Å². The minimum atomic E-state index is -1.24. The zero-order valence-corrected chi connectivity index (χ0v) is 14.7. The number of nitrogens with zero attached hydrogens (tertiary/aromatic N) is 1. The van der Waals surface area contributed by atoms with E-state index in [0.29, 0.717) is 40.8 Å². The molecular formula is C20H21F2N3O. The standard InChI is InChI=1S/C20H21F2N3O/c1-11-8-23-9-12(2)20(11,26)15-4-3-13(7-16(15)21)14-5-6-24-19-18(14)17(22)10-25-19/h3-7,10-12,23,26H,8-9H2,1-2H3,(H,24,25)/t11-,12+,20-. The van der Waals surface area contributed by atoms with Crippen molar-refractivity contribution in [1.29, 1.82) is 0 Å². The molecule has 3 aromatic rings. The van der Waals surface area contributed by atoms with Gasteiger partial charge in [0, 0.05) is 42.9 Å². The summed E-state index contributed by atoms with van der Waals surface area (Å²) in [7, 11) is 0. The lowest BCUT2D eigenvalue weighted by Crippen LogP contribution is -2.53. The number of pyridine rings is 1. The maximum atomic E-state index is 15.0. The Morgan fingerprint density at radius 3 is 2.54 bits per heavy atom. The highest BCUT2D eigenvalue weighted by Gasteiger charge is 2.44. The molecule has 136 valence electrons. The Labute approximate surface area is 150 Å². The van der Waals surface area contributed by atoms with Gasteiger partial charge in [-0.1, -0.05) is 26.0 Å². The summed E-state index contributed by atoms with van der Waals surface area (Å²) >= 11 is 0. The third kappa shape index (κ3) is 2.44. The second-order valence-corrected chi connectivity index (χ2v) is 7.20. The zero-order chi connectivity index (χ0) is 18.5. The molecule has 0 aliphatic carbocycles. The molecule has 0 bridgehead atoms. The minimum Gasteiger partial charge on any atom is -0.384 e. The first-order valence-corrected chi connectivity index (χ1v) is 8.78. The van der Waals surface area contributed by atoms with Crippen molar-refractivity contribution in [3.05, 3.63) is 53.9 Å². The first kappa shape index (κ1) is 17.1. The van der Waals surface area contributed by atoms with E-state index in [-0.39, 0.29) is 11.8 Å². The van der Waals surface area contributed by atoms with Gasteiger partial charge in [0.15, 0.2) is 5.82 Å². The molecule has 1 aliphatic heterocycles. The summed E-state index contributed by atoms with van der Waals surface area (Å²) in [5.74, 6) is -1.15. The van der Waals surface area contributed by atoms with Crippen LogP contribution >= 0.6 is 0 Å². The molecule has 1 aromatic carbocycles. The first-order chi connectivity index (χ1) is 12.4. The van der Waals surface area contributed by atoms with Crippen LogP contribution in [0.2, 0.25) is 0 Å². The second kappa shape index (κ2) is 6.14. The average Bonchev–Trinajstić information content (AvgIpc) is 3.01. The highest BCUT2D eigenvalue weighted by atomic mass is 19.1. The number of hydrogen-bond donors (Lipinski definition) is 3. The molecule has 3 N–H and O–H groups in total. The van der Waals surface area contributed by atoms with Crippen molar-refractivity contribution in [1.82, 2.24) is 15.3 Å². The summed E-state index contributed by atoms with van der Waals surface area (Å²) in [4.78, 5) is 6.86. The molecule has 6 heteroatoms. The van der Waals surface area contributed by atoms with E-state index in [2.05, 4.69) is 15.3 Å². The molecule has 1 saturated heterocycles. The van der Waals surface area contributed by atoms with Gasteiger partial charge in [-0.2, -0.15) is 0 Å². The normalized spacial score (nSPS) is 26.3. The summed E-state index contributed by atoms with van der Waals surface area (Å²) < 4.78 is 29.2. The number of rotatable bonds is 2. The van der Waals surface area contributed by atoms with Crippen LogP contribution in [-0.2, 0) is 5.60 Å². The second-order valence-electron chi connectivity index (χ2n) is 7.20. The van der Waals surface area contributed by atoms with E-state index in [1.807, 2.05) is 13.8 Å². The molecule has 0 spiro atoms. The quantitative estimate of drug-likeness (QED) is 0.657. The molecule has 0 amide bonds. The molecule has 0 unspecified atom stereocenters. The van der Waals surface area contributed by atoms with Crippen LogP contribution in [0.1, 0.15) is 19.4 Å². The fourth-order valence-corrected chi connectivity index (χ4v) is 4.11. The highest BCUT2D eigenvalue weighted by molar-refractivity contribution is 5.93. The van der Waals surface area contributed by atoms with Gasteiger partial charge in [-0.15, -0.1) is 0 Å². The van der Waals surface area contributed by atoms with E-state index in [1.54, 1.807) is 24.4 Å². The zero-order valence-electron chi connectivity index (χ0n) is 14.7. The van der Waals surface area contributed by atoms with E-state index in [9.17, 15) is 9.50 Å². The molecule has 1 fully saturated rings. The summed E-state index contributed by atoms with van der Waals surface area (Å²) in [6.07, 6.45) is 2.80. The van der Waals surface area contributed by atoms with Crippen LogP contribution in [0.4, 0.5) is 8.78 Å². The number of aromatic amines is 1. The molecule has 3 heterocycles. The van der Waals surface area contributed by atoms with Crippen LogP contribution in [0.3, 0.4) is 0 Å². The fourth-order valence-electron chi connectivity index (χ4n) is 4.11. The number of aliphatic hydroxyl groups is 1. The number of piperidine rings is 1. The Balaban J connectivity index is 1.83. The van der Waals surface area contributed by atoms with E-state index in [0.717, 1.165) is 0 Å². The van der Waals surface area contributed by atoms with Crippen LogP contribution < -0.4 is 5.32 Å². The largest absolute Gasteiger partial charge is 0.384 e. The summed E-state index contributed by atoms with van der Waals surface area (Å²) in [5.41, 5.74) is 0.597. The monoisotopic (exact) mass is 357 g/mol. The van der Waals surface area contributed by atoms with Gasteiger partial charge in [-0.3, -0.25) is 0 Å². The Bertz CT molecular complexity index is 959. The molecule has 2 aromatic heterocycles. The first-order valence-electron chi connectivity index (χ1n) is 8.78. The lowest BCUT2D eigenvalue weighted by molar-refractivity contribution is -0.0830. The number of benzene rings is 1. The topological polar surface area (TPSA) is 60.9 Å². The van der Waals surface area contributed by atoms with Crippen molar-refractivity contribution in [2.24, 2.45) is 11.8 Å². The van der Waals surface area contributed by atoms with Crippen molar-refractivity contribution >= 4 is 11.0 Å². The maximum Gasteiger partial charge on any atom is 0.150 e. The van der Waals surface area contributed by atoms with Gasteiger partial charge in [-0.25, -0.2) is 13.8 Å². The number of fused-ring (bicyclic) bond motifs is 1. The third-order valence-corrected chi connectivity index (χ3v) is 5.64. The van der Waals surface area contributed by atoms with Crippen molar-refractivity contribution in [2.75, 3.05) is 13.1 Å². The number of nitrogens with one attached hydrogen (secondary N) is 2. The molecule has 4 rings (SSSR count). The van der Waals surface area contributed by atoms with Crippen molar-refractivity contribution in [3.63, 3.8) is 0 Å². The third-order valence-electron chi connectivity index (χ3n) is 5.64. The van der Waals surface area contributed by atoms with Gasteiger partial charge < -0.3 is 15.4 Å². The molecule has 26 heavy (non-hydrogen) atoms. The summed E-state index contributed by atoms with van der Waals surface area (Å²) in [6, 6.07) is 6.40. The van der Waals surface area contributed by atoms with Crippen LogP contribution in [-0.4, -0.2) is 28.2 Å². The lowest BCUT2D eigenvalue weighted by Gasteiger charge is -2.44. The van der Waals surface area contributed by atoms with Crippen molar-refractivity contribution in [3.8, 4) is 11.1 Å². The maximum absolute atomic E-state index is 15.0. The fraction of sp³-hybridized carbons (Fsp3) is 0.350. The molecule has 0 radical (unpaired) electrons. The van der Waals surface area contributed by atoms with Crippen LogP contribution in [0.25, 0.3) is 22.2 Å². The number of halogens is 2. The Morgan fingerprint density at radius 1 is 1.12 bits per heavy atom. The van der Waals surface area contributed by atoms with Crippen LogP contribution in [0.5, 0.6) is 0 Å². The van der Waals surface area contributed by atoms with Gasteiger partial charge in [-0.05, 0) is 23.3 Å². The average molecular weight is 357 g/mol. The summed E-state index contributed by atoms with van der Waals surface area (Å²) in [5, 5.41) is 14.8.